The summed E-state index contributed by atoms with van der Waals surface area (Å²) in [6, 6.07) is 6.95. The molecule has 1 spiro atoms. The van der Waals surface area contributed by atoms with Crippen LogP contribution in [0.15, 0.2) is 29.2 Å². The maximum Gasteiger partial charge on any atom is 0.246 e. The highest BCUT2D eigenvalue weighted by Crippen LogP contribution is 2.38. The minimum Gasteiger partial charge on any atom is -0.492 e. The van der Waals surface area contributed by atoms with Gasteiger partial charge in [-0.25, -0.2) is 12.7 Å². The van der Waals surface area contributed by atoms with Crippen LogP contribution in [0, 0.1) is 5.41 Å². The average molecular weight is 338 g/mol. The maximum absolute atomic E-state index is 12.8. The van der Waals surface area contributed by atoms with Crippen molar-refractivity contribution < 1.29 is 13.2 Å². The normalized spacial score (nSPS) is 24.4. The number of hydrogen-bond donors (Lipinski definition) is 0. The molecule has 0 amide bonds. The molecule has 0 saturated carbocycles. The van der Waals surface area contributed by atoms with E-state index in [1.807, 2.05) is 6.07 Å². The van der Waals surface area contributed by atoms with Gasteiger partial charge in [0, 0.05) is 19.0 Å². The fraction of sp³-hybridized carbons (Fsp3) is 0.647. The molecular formula is C17H26N2O3S. The third kappa shape index (κ3) is 3.25. The van der Waals surface area contributed by atoms with E-state index in [1.54, 1.807) is 25.2 Å². The first-order valence-corrected chi connectivity index (χ1v) is 9.81. The molecule has 1 aromatic carbocycles. The number of sulfonamides is 1. The summed E-state index contributed by atoms with van der Waals surface area (Å²) in [5, 5.41) is 0. The van der Waals surface area contributed by atoms with E-state index in [-0.39, 0.29) is 10.3 Å². The molecule has 0 aromatic heterocycles. The molecule has 1 fully saturated rings. The number of piperidine rings is 1. The molecule has 2 aliphatic heterocycles. The molecule has 2 aliphatic rings. The van der Waals surface area contributed by atoms with Gasteiger partial charge < -0.3 is 9.64 Å². The van der Waals surface area contributed by atoms with Gasteiger partial charge in [-0.1, -0.05) is 19.1 Å². The fourth-order valence-electron chi connectivity index (χ4n) is 3.65. The van der Waals surface area contributed by atoms with Crippen LogP contribution in [-0.2, 0) is 10.0 Å². The standard InChI is InChI=1S/C17H26N2O3S/c1-3-10-19-11-8-17(9-12-19)13-18(2)23(20,21)16-7-5-4-6-15(16)22-14-17/h4-7H,3,8-14H2,1-2H3. The smallest absolute Gasteiger partial charge is 0.246 e. The number of para-hydroxylation sites is 1. The van der Waals surface area contributed by atoms with Gasteiger partial charge in [-0.2, -0.15) is 0 Å². The zero-order valence-electron chi connectivity index (χ0n) is 14.0. The Labute approximate surface area is 139 Å². The van der Waals surface area contributed by atoms with Crippen molar-refractivity contribution in [3.63, 3.8) is 0 Å². The highest BCUT2D eigenvalue weighted by atomic mass is 32.2. The zero-order valence-corrected chi connectivity index (χ0v) is 14.8. The van der Waals surface area contributed by atoms with Crippen molar-refractivity contribution >= 4 is 10.0 Å². The SMILES string of the molecule is CCCN1CCC2(CC1)COc1ccccc1S(=O)(=O)N(C)C2. The fourth-order valence-corrected chi connectivity index (χ4v) is 5.07. The van der Waals surface area contributed by atoms with Gasteiger partial charge in [0.1, 0.15) is 10.6 Å². The lowest BCUT2D eigenvalue weighted by atomic mass is 9.79. The monoisotopic (exact) mass is 338 g/mol. The van der Waals surface area contributed by atoms with E-state index < -0.39 is 10.0 Å². The Kier molecular flexibility index (Phi) is 4.67. The number of rotatable bonds is 2. The Balaban J connectivity index is 1.86. The summed E-state index contributed by atoms with van der Waals surface area (Å²) in [5.74, 6) is 0.481. The zero-order chi connectivity index (χ0) is 16.5. The lowest BCUT2D eigenvalue weighted by Crippen LogP contribution is -2.50. The number of hydrogen-bond acceptors (Lipinski definition) is 4. The molecule has 0 radical (unpaired) electrons. The largest absolute Gasteiger partial charge is 0.492 e. The van der Waals surface area contributed by atoms with Gasteiger partial charge in [-0.05, 0) is 51.0 Å². The second kappa shape index (κ2) is 6.42. The van der Waals surface area contributed by atoms with E-state index in [4.69, 9.17) is 4.74 Å². The quantitative estimate of drug-likeness (QED) is 0.829. The van der Waals surface area contributed by atoms with Crippen LogP contribution >= 0.6 is 0 Å². The first kappa shape index (κ1) is 16.7. The lowest BCUT2D eigenvalue weighted by Gasteiger charge is -2.44. The van der Waals surface area contributed by atoms with E-state index in [0.717, 1.165) is 38.9 Å². The topological polar surface area (TPSA) is 49.9 Å². The minimum absolute atomic E-state index is 0.0837. The van der Waals surface area contributed by atoms with Gasteiger partial charge in [-0.3, -0.25) is 0 Å². The first-order valence-electron chi connectivity index (χ1n) is 8.37. The van der Waals surface area contributed by atoms with Crippen molar-refractivity contribution in [3.8, 4) is 5.75 Å². The summed E-state index contributed by atoms with van der Waals surface area (Å²) in [4.78, 5) is 2.74. The summed E-state index contributed by atoms with van der Waals surface area (Å²) in [5.41, 5.74) is -0.0837. The van der Waals surface area contributed by atoms with Gasteiger partial charge in [0.2, 0.25) is 10.0 Å². The molecule has 0 atom stereocenters. The van der Waals surface area contributed by atoms with Crippen LogP contribution in [0.3, 0.4) is 0 Å². The molecule has 6 heteroatoms. The Hall–Kier alpha value is -1.11. The molecule has 1 aromatic rings. The van der Waals surface area contributed by atoms with E-state index in [2.05, 4.69) is 11.8 Å². The molecule has 1 saturated heterocycles. The number of benzene rings is 1. The Morgan fingerprint density at radius 3 is 2.61 bits per heavy atom. The van der Waals surface area contributed by atoms with Gasteiger partial charge in [0.25, 0.3) is 0 Å². The second-order valence-electron chi connectivity index (χ2n) is 6.84. The third-order valence-electron chi connectivity index (χ3n) is 5.09. The molecule has 23 heavy (non-hydrogen) atoms. The Bertz CT molecular complexity index is 652. The molecule has 2 heterocycles. The predicted octanol–water partition coefficient (Wildman–Crippen LogP) is 2.19. The molecule has 128 valence electrons. The number of likely N-dealkylation sites (tertiary alicyclic amines) is 1. The van der Waals surface area contributed by atoms with Gasteiger partial charge in [-0.15, -0.1) is 0 Å². The molecule has 0 N–H and O–H groups in total. The lowest BCUT2D eigenvalue weighted by molar-refractivity contribution is 0.0388. The van der Waals surface area contributed by atoms with E-state index in [1.165, 1.54) is 4.31 Å². The van der Waals surface area contributed by atoms with Crippen LogP contribution in [-0.4, -0.2) is 57.5 Å². The average Bonchev–Trinajstić information content (AvgIpc) is 2.55. The second-order valence-corrected chi connectivity index (χ2v) is 8.85. The summed E-state index contributed by atoms with van der Waals surface area (Å²) in [6.07, 6.45) is 3.12. The van der Waals surface area contributed by atoms with Crippen molar-refractivity contribution in [1.82, 2.24) is 9.21 Å². The van der Waals surface area contributed by atoms with E-state index in [0.29, 0.717) is 18.9 Å². The summed E-state index contributed by atoms with van der Waals surface area (Å²) < 4.78 is 33.1. The van der Waals surface area contributed by atoms with Crippen LogP contribution in [0.5, 0.6) is 5.75 Å². The van der Waals surface area contributed by atoms with Crippen molar-refractivity contribution in [3.05, 3.63) is 24.3 Å². The number of fused-ring (bicyclic) bond motifs is 1. The summed E-state index contributed by atoms with van der Waals surface area (Å²) in [6.45, 7) is 6.47. The van der Waals surface area contributed by atoms with Gasteiger partial charge >= 0.3 is 0 Å². The molecule has 3 rings (SSSR count). The number of nitrogens with zero attached hydrogens (tertiary/aromatic N) is 2. The summed E-state index contributed by atoms with van der Waals surface area (Å²) in [7, 11) is -1.79. The van der Waals surface area contributed by atoms with Crippen LogP contribution in [0.25, 0.3) is 0 Å². The molecular weight excluding hydrogens is 312 g/mol. The maximum atomic E-state index is 12.8. The number of ether oxygens (including phenoxy) is 1. The highest BCUT2D eigenvalue weighted by molar-refractivity contribution is 7.89. The molecule has 5 nitrogen and oxygen atoms in total. The van der Waals surface area contributed by atoms with Crippen molar-refractivity contribution in [1.29, 1.82) is 0 Å². The third-order valence-corrected chi connectivity index (χ3v) is 6.93. The Morgan fingerprint density at radius 1 is 1.22 bits per heavy atom. The van der Waals surface area contributed by atoms with Gasteiger partial charge in [0.05, 0.1) is 6.61 Å². The van der Waals surface area contributed by atoms with Crippen molar-refractivity contribution in [2.24, 2.45) is 5.41 Å². The van der Waals surface area contributed by atoms with E-state index in [9.17, 15) is 8.42 Å². The predicted molar refractivity (Wildman–Crippen MR) is 90.2 cm³/mol. The Morgan fingerprint density at radius 2 is 1.91 bits per heavy atom. The van der Waals surface area contributed by atoms with Crippen LogP contribution in [0.2, 0.25) is 0 Å². The van der Waals surface area contributed by atoms with E-state index >= 15 is 0 Å². The first-order chi connectivity index (χ1) is 11.0. The van der Waals surface area contributed by atoms with Crippen LogP contribution < -0.4 is 4.74 Å². The van der Waals surface area contributed by atoms with Crippen LogP contribution in [0.1, 0.15) is 26.2 Å². The molecule has 0 bridgehead atoms. The summed E-state index contributed by atoms with van der Waals surface area (Å²) >= 11 is 0. The highest BCUT2D eigenvalue weighted by Gasteiger charge is 2.41. The van der Waals surface area contributed by atoms with Crippen molar-refractivity contribution in [2.45, 2.75) is 31.1 Å². The van der Waals surface area contributed by atoms with Crippen LogP contribution in [0.4, 0.5) is 0 Å². The van der Waals surface area contributed by atoms with Gasteiger partial charge in [0.15, 0.2) is 0 Å². The molecule has 0 unspecified atom stereocenters. The minimum atomic E-state index is -3.48. The molecule has 0 aliphatic carbocycles. The van der Waals surface area contributed by atoms with Crippen molar-refractivity contribution in [2.75, 3.05) is 39.8 Å².